The van der Waals surface area contributed by atoms with Crippen molar-refractivity contribution in [2.75, 3.05) is 25.1 Å². The summed E-state index contributed by atoms with van der Waals surface area (Å²) in [5.74, 6) is -0.427. The molecule has 1 saturated heterocycles. The number of anilines is 1. The van der Waals surface area contributed by atoms with Gasteiger partial charge in [0.15, 0.2) is 5.75 Å². The standard InChI is InChI=1S/C27H26N4O4/c1-35-26-24(27(33)30-34)22-16-28-13-10-23(22)29-25(26)19-4-2-17(3-5-19)18-6-8-20(9-7-18)31-14-11-21(32)12-15-31/h2-10,13,16,21,32,34H,11-12,14-15H2,1H3,(H,30,33). The predicted molar refractivity (Wildman–Crippen MR) is 134 cm³/mol. The minimum atomic E-state index is -0.691. The molecule has 4 aromatic rings. The topological polar surface area (TPSA) is 108 Å². The molecule has 35 heavy (non-hydrogen) atoms. The number of ether oxygens (including phenoxy) is 1. The number of benzene rings is 2. The molecule has 1 fully saturated rings. The summed E-state index contributed by atoms with van der Waals surface area (Å²) in [5.41, 5.74) is 7.01. The van der Waals surface area contributed by atoms with Crippen molar-refractivity contribution in [3.8, 4) is 28.1 Å². The van der Waals surface area contributed by atoms with E-state index in [0.717, 1.165) is 48.3 Å². The number of methoxy groups -OCH3 is 1. The van der Waals surface area contributed by atoms with Crippen molar-refractivity contribution >= 4 is 22.5 Å². The number of pyridine rings is 2. The van der Waals surface area contributed by atoms with Crippen molar-refractivity contribution in [2.24, 2.45) is 0 Å². The van der Waals surface area contributed by atoms with Gasteiger partial charge in [-0.05, 0) is 42.2 Å². The smallest absolute Gasteiger partial charge is 0.279 e. The van der Waals surface area contributed by atoms with Crippen molar-refractivity contribution < 1.29 is 19.8 Å². The quantitative estimate of drug-likeness (QED) is 0.298. The molecule has 5 rings (SSSR count). The van der Waals surface area contributed by atoms with Crippen LogP contribution in [-0.2, 0) is 0 Å². The number of hydroxylamine groups is 1. The zero-order valence-electron chi connectivity index (χ0n) is 19.3. The molecule has 2 aromatic heterocycles. The maximum atomic E-state index is 12.5. The Morgan fingerprint density at radius 3 is 2.26 bits per heavy atom. The van der Waals surface area contributed by atoms with Crippen molar-refractivity contribution in [3.63, 3.8) is 0 Å². The van der Waals surface area contributed by atoms with Crippen LogP contribution in [0.2, 0.25) is 0 Å². The number of hydrogen-bond acceptors (Lipinski definition) is 7. The zero-order chi connectivity index (χ0) is 24.4. The summed E-state index contributed by atoms with van der Waals surface area (Å²) in [7, 11) is 1.47. The Morgan fingerprint density at radius 1 is 1.00 bits per heavy atom. The van der Waals surface area contributed by atoms with Crippen LogP contribution in [0.3, 0.4) is 0 Å². The lowest BCUT2D eigenvalue weighted by Crippen LogP contribution is -2.35. The van der Waals surface area contributed by atoms with Crippen LogP contribution in [-0.4, -0.2) is 52.5 Å². The molecule has 0 spiro atoms. The average molecular weight is 471 g/mol. The average Bonchev–Trinajstić information content (AvgIpc) is 2.92. The molecular weight excluding hydrogens is 444 g/mol. The summed E-state index contributed by atoms with van der Waals surface area (Å²) in [5, 5.41) is 19.5. The lowest BCUT2D eigenvalue weighted by molar-refractivity contribution is 0.0705. The first kappa shape index (κ1) is 22.8. The predicted octanol–water partition coefficient (Wildman–Crippen LogP) is 4.05. The Labute approximate surface area is 202 Å². The van der Waals surface area contributed by atoms with Crippen LogP contribution < -0.4 is 15.1 Å². The van der Waals surface area contributed by atoms with E-state index in [4.69, 9.17) is 9.72 Å². The molecule has 1 aliphatic rings. The van der Waals surface area contributed by atoms with Gasteiger partial charge in [0.05, 0.1) is 24.3 Å². The van der Waals surface area contributed by atoms with E-state index in [0.29, 0.717) is 16.6 Å². The maximum Gasteiger partial charge on any atom is 0.279 e. The summed E-state index contributed by atoms with van der Waals surface area (Å²) in [6, 6.07) is 18.0. The lowest BCUT2D eigenvalue weighted by Gasteiger charge is -2.31. The minimum Gasteiger partial charge on any atom is -0.494 e. The van der Waals surface area contributed by atoms with Gasteiger partial charge in [-0.25, -0.2) is 10.5 Å². The lowest BCUT2D eigenvalue weighted by atomic mass is 9.99. The van der Waals surface area contributed by atoms with Gasteiger partial charge in [-0.3, -0.25) is 15.0 Å². The molecule has 0 aliphatic carbocycles. The molecule has 1 aliphatic heterocycles. The fourth-order valence-electron chi connectivity index (χ4n) is 4.57. The van der Waals surface area contributed by atoms with Gasteiger partial charge in [0.1, 0.15) is 5.69 Å². The van der Waals surface area contributed by atoms with Gasteiger partial charge in [0.25, 0.3) is 5.91 Å². The molecule has 0 atom stereocenters. The molecule has 8 nitrogen and oxygen atoms in total. The largest absolute Gasteiger partial charge is 0.494 e. The Balaban J connectivity index is 1.47. The number of carbonyl (C=O) groups excluding carboxylic acids is 1. The molecule has 0 unspecified atom stereocenters. The number of aliphatic hydroxyl groups is 1. The zero-order valence-corrected chi connectivity index (χ0v) is 19.3. The van der Waals surface area contributed by atoms with E-state index < -0.39 is 5.91 Å². The number of aromatic nitrogens is 2. The summed E-state index contributed by atoms with van der Waals surface area (Å²) >= 11 is 0. The number of carbonyl (C=O) groups is 1. The highest BCUT2D eigenvalue weighted by Gasteiger charge is 2.23. The molecular formula is C27H26N4O4. The second kappa shape index (κ2) is 9.69. The molecule has 8 heteroatoms. The highest BCUT2D eigenvalue weighted by molar-refractivity contribution is 6.09. The van der Waals surface area contributed by atoms with Crippen molar-refractivity contribution in [1.82, 2.24) is 15.4 Å². The molecule has 0 bridgehead atoms. The molecule has 0 radical (unpaired) electrons. The fourth-order valence-corrected chi connectivity index (χ4v) is 4.57. The van der Waals surface area contributed by atoms with Crippen molar-refractivity contribution in [1.29, 1.82) is 0 Å². The molecule has 1 amide bonds. The number of nitrogens with one attached hydrogen (secondary N) is 1. The van der Waals surface area contributed by atoms with E-state index in [1.54, 1.807) is 17.7 Å². The van der Waals surface area contributed by atoms with E-state index in [-0.39, 0.29) is 17.4 Å². The van der Waals surface area contributed by atoms with Gasteiger partial charge >= 0.3 is 0 Å². The number of nitrogens with zero attached hydrogens (tertiary/aromatic N) is 3. The van der Waals surface area contributed by atoms with E-state index in [1.807, 2.05) is 24.3 Å². The van der Waals surface area contributed by atoms with Crippen LogP contribution in [0.5, 0.6) is 5.75 Å². The number of hydrogen-bond donors (Lipinski definition) is 3. The molecule has 0 saturated carbocycles. The van der Waals surface area contributed by atoms with Crippen LogP contribution in [0.4, 0.5) is 5.69 Å². The Bertz CT molecular complexity index is 1350. The monoisotopic (exact) mass is 470 g/mol. The summed E-state index contributed by atoms with van der Waals surface area (Å²) in [6.07, 6.45) is 4.54. The number of amides is 1. The third kappa shape index (κ3) is 4.41. The van der Waals surface area contributed by atoms with E-state index in [9.17, 15) is 15.1 Å². The first-order valence-electron chi connectivity index (χ1n) is 11.5. The van der Waals surface area contributed by atoms with Gasteiger partial charge in [-0.1, -0.05) is 36.4 Å². The Kier molecular flexibility index (Phi) is 6.31. The second-order valence-corrected chi connectivity index (χ2v) is 8.54. The van der Waals surface area contributed by atoms with Gasteiger partial charge < -0.3 is 14.7 Å². The second-order valence-electron chi connectivity index (χ2n) is 8.54. The third-order valence-electron chi connectivity index (χ3n) is 6.46. The van der Waals surface area contributed by atoms with Gasteiger partial charge in [-0.15, -0.1) is 0 Å². The molecule has 3 N–H and O–H groups in total. The van der Waals surface area contributed by atoms with Crippen LogP contribution in [0.25, 0.3) is 33.3 Å². The normalized spacial score (nSPS) is 14.2. The van der Waals surface area contributed by atoms with Crippen LogP contribution in [0, 0.1) is 0 Å². The van der Waals surface area contributed by atoms with Gasteiger partial charge in [0.2, 0.25) is 0 Å². The highest BCUT2D eigenvalue weighted by Crippen LogP contribution is 2.37. The van der Waals surface area contributed by atoms with E-state index in [2.05, 4.69) is 34.1 Å². The SMILES string of the molecule is COc1c(-c2ccc(-c3ccc(N4CCC(O)CC4)cc3)cc2)nc2ccncc2c1C(=O)NO. The van der Waals surface area contributed by atoms with Gasteiger partial charge in [0, 0.05) is 42.1 Å². The number of rotatable bonds is 5. The summed E-state index contributed by atoms with van der Waals surface area (Å²) < 4.78 is 5.57. The van der Waals surface area contributed by atoms with Crippen LogP contribution in [0.15, 0.2) is 67.0 Å². The molecule has 2 aromatic carbocycles. The highest BCUT2D eigenvalue weighted by atomic mass is 16.5. The fraction of sp³-hybridized carbons (Fsp3) is 0.222. The maximum absolute atomic E-state index is 12.5. The number of aliphatic hydroxyl groups excluding tert-OH is 1. The third-order valence-corrected chi connectivity index (χ3v) is 6.46. The Morgan fingerprint density at radius 2 is 1.63 bits per heavy atom. The first-order valence-corrected chi connectivity index (χ1v) is 11.5. The van der Waals surface area contributed by atoms with Crippen molar-refractivity contribution in [3.05, 3.63) is 72.6 Å². The number of piperidine rings is 1. The Hall–Kier alpha value is -4.01. The first-order chi connectivity index (χ1) is 17.1. The van der Waals surface area contributed by atoms with Gasteiger partial charge in [-0.2, -0.15) is 0 Å². The molecule has 3 heterocycles. The van der Waals surface area contributed by atoms with Crippen LogP contribution in [0.1, 0.15) is 23.2 Å². The summed E-state index contributed by atoms with van der Waals surface area (Å²) in [4.78, 5) is 23.6. The van der Waals surface area contributed by atoms with Crippen molar-refractivity contribution in [2.45, 2.75) is 18.9 Å². The van der Waals surface area contributed by atoms with E-state index in [1.165, 1.54) is 13.3 Å². The minimum absolute atomic E-state index is 0.174. The van der Waals surface area contributed by atoms with Crippen LogP contribution >= 0.6 is 0 Å². The number of fused-ring (bicyclic) bond motifs is 1. The summed E-state index contributed by atoms with van der Waals surface area (Å²) in [6.45, 7) is 1.73. The molecule has 178 valence electrons. The van der Waals surface area contributed by atoms with E-state index >= 15 is 0 Å².